The maximum absolute atomic E-state index is 13.9. The highest BCUT2D eigenvalue weighted by molar-refractivity contribution is 7.90. The second-order valence-electron chi connectivity index (χ2n) is 6.04. The normalized spacial score (nSPS) is 16.3. The first-order valence-corrected chi connectivity index (χ1v) is 10.0. The average molecular weight is 421 g/mol. The van der Waals surface area contributed by atoms with E-state index in [9.17, 15) is 12.8 Å². The molecule has 0 unspecified atom stereocenters. The highest BCUT2D eigenvalue weighted by Gasteiger charge is 2.29. The lowest BCUT2D eigenvalue weighted by Crippen LogP contribution is -2.41. The van der Waals surface area contributed by atoms with Crippen molar-refractivity contribution < 1.29 is 17.2 Å². The van der Waals surface area contributed by atoms with Crippen molar-refractivity contribution in [1.29, 1.82) is 0 Å². The van der Waals surface area contributed by atoms with Gasteiger partial charge in [-0.05, 0) is 19.1 Å². The molecule has 2 N–H and O–H groups in total. The van der Waals surface area contributed by atoms with Gasteiger partial charge in [-0.15, -0.1) is 0 Å². The number of anilines is 1. The van der Waals surface area contributed by atoms with Gasteiger partial charge in [0.05, 0.1) is 16.9 Å². The predicted molar refractivity (Wildman–Crippen MR) is 103 cm³/mol. The summed E-state index contributed by atoms with van der Waals surface area (Å²) in [7, 11) is -3.88. The SMILES string of the molecule is Cc1cnc(CN=C2Nc3c(-c4cccc(F)c4Cl)cccc3S(=O)(=O)N2)o1. The molecule has 0 amide bonds. The van der Waals surface area contributed by atoms with Gasteiger partial charge in [0.2, 0.25) is 11.9 Å². The third-order valence-corrected chi connectivity index (χ3v) is 5.84. The van der Waals surface area contributed by atoms with E-state index >= 15 is 0 Å². The Hall–Kier alpha value is -2.91. The molecule has 10 heteroatoms. The molecule has 7 nitrogen and oxygen atoms in total. The van der Waals surface area contributed by atoms with Crippen molar-refractivity contribution >= 4 is 33.3 Å². The summed E-state index contributed by atoms with van der Waals surface area (Å²) in [4.78, 5) is 8.23. The number of hydrogen-bond donors (Lipinski definition) is 2. The van der Waals surface area contributed by atoms with E-state index in [2.05, 4.69) is 20.0 Å². The lowest BCUT2D eigenvalue weighted by molar-refractivity contribution is 0.474. The van der Waals surface area contributed by atoms with Crippen LogP contribution >= 0.6 is 11.6 Å². The number of halogens is 2. The molecule has 1 aliphatic rings. The molecule has 1 aromatic heterocycles. The van der Waals surface area contributed by atoms with E-state index in [4.69, 9.17) is 16.0 Å². The van der Waals surface area contributed by atoms with Crippen molar-refractivity contribution in [3.05, 3.63) is 65.1 Å². The molecule has 0 aliphatic carbocycles. The number of rotatable bonds is 3. The van der Waals surface area contributed by atoms with Crippen LogP contribution in [0.1, 0.15) is 11.7 Å². The highest BCUT2D eigenvalue weighted by Crippen LogP contribution is 2.39. The summed E-state index contributed by atoms with van der Waals surface area (Å²) in [5, 5.41) is 2.86. The fourth-order valence-electron chi connectivity index (χ4n) is 2.84. The summed E-state index contributed by atoms with van der Waals surface area (Å²) in [5.41, 5.74) is 1.06. The number of fused-ring (bicyclic) bond motifs is 1. The van der Waals surface area contributed by atoms with Crippen LogP contribution in [-0.2, 0) is 16.6 Å². The number of para-hydroxylation sites is 1. The quantitative estimate of drug-likeness (QED) is 0.673. The molecule has 2 aromatic carbocycles. The Morgan fingerprint density at radius 3 is 2.71 bits per heavy atom. The van der Waals surface area contributed by atoms with E-state index in [-0.39, 0.29) is 28.1 Å². The summed E-state index contributed by atoms with van der Waals surface area (Å²) in [6, 6.07) is 9.01. The molecule has 0 saturated carbocycles. The number of aliphatic imine (C=N–C) groups is 1. The lowest BCUT2D eigenvalue weighted by Gasteiger charge is -2.24. The zero-order chi connectivity index (χ0) is 19.9. The summed E-state index contributed by atoms with van der Waals surface area (Å²) in [5.74, 6) is 0.379. The minimum atomic E-state index is -3.88. The van der Waals surface area contributed by atoms with Gasteiger partial charge < -0.3 is 9.73 Å². The molecule has 28 heavy (non-hydrogen) atoms. The Morgan fingerprint density at radius 1 is 1.21 bits per heavy atom. The van der Waals surface area contributed by atoms with Gasteiger partial charge in [0.25, 0.3) is 10.0 Å². The zero-order valence-corrected chi connectivity index (χ0v) is 16.1. The van der Waals surface area contributed by atoms with Gasteiger partial charge in [-0.25, -0.2) is 27.5 Å². The molecule has 0 spiro atoms. The van der Waals surface area contributed by atoms with Crippen molar-refractivity contribution in [3.63, 3.8) is 0 Å². The number of benzene rings is 2. The Labute approximate surface area is 165 Å². The van der Waals surface area contributed by atoms with Crippen molar-refractivity contribution in [2.75, 3.05) is 5.32 Å². The number of hydrogen-bond acceptors (Lipinski definition) is 5. The maximum atomic E-state index is 13.9. The summed E-state index contributed by atoms with van der Waals surface area (Å²) < 4.78 is 46.9. The Kier molecular flexibility index (Phi) is 4.56. The molecule has 0 atom stereocenters. The van der Waals surface area contributed by atoms with Gasteiger partial charge in [-0.2, -0.15) is 0 Å². The van der Waals surface area contributed by atoms with E-state index in [1.807, 2.05) is 0 Å². The highest BCUT2D eigenvalue weighted by atomic mass is 35.5. The first-order valence-electron chi connectivity index (χ1n) is 8.18. The Morgan fingerprint density at radius 2 is 1.96 bits per heavy atom. The predicted octanol–water partition coefficient (Wildman–Crippen LogP) is 3.70. The minimum Gasteiger partial charge on any atom is -0.444 e. The molecule has 3 aromatic rings. The molecular formula is C18H14ClFN4O3S. The third kappa shape index (κ3) is 3.34. The fraction of sp³-hybridized carbons (Fsp3) is 0.111. The number of guanidine groups is 1. The third-order valence-electron chi connectivity index (χ3n) is 4.07. The monoisotopic (exact) mass is 420 g/mol. The van der Waals surface area contributed by atoms with E-state index in [1.165, 1.54) is 18.2 Å². The van der Waals surface area contributed by atoms with Crippen molar-refractivity contribution in [2.24, 2.45) is 4.99 Å². The van der Waals surface area contributed by atoms with E-state index in [0.717, 1.165) is 0 Å². The van der Waals surface area contributed by atoms with Gasteiger partial charge in [-0.3, -0.25) is 0 Å². The van der Waals surface area contributed by atoms with Gasteiger partial charge in [0, 0.05) is 11.1 Å². The number of aryl methyl sites for hydroxylation is 1. The Balaban J connectivity index is 1.79. The topological polar surface area (TPSA) is 96.6 Å². The fourth-order valence-corrected chi connectivity index (χ4v) is 4.23. The van der Waals surface area contributed by atoms with Crippen molar-refractivity contribution in [1.82, 2.24) is 9.71 Å². The van der Waals surface area contributed by atoms with E-state index < -0.39 is 15.8 Å². The van der Waals surface area contributed by atoms with Crippen LogP contribution in [0.5, 0.6) is 0 Å². The molecule has 0 radical (unpaired) electrons. The molecule has 0 bridgehead atoms. The van der Waals surface area contributed by atoms with Crippen LogP contribution in [0.2, 0.25) is 5.02 Å². The molecule has 144 valence electrons. The van der Waals surface area contributed by atoms with Gasteiger partial charge in [0.15, 0.2) is 0 Å². The second kappa shape index (κ2) is 6.92. The first-order chi connectivity index (χ1) is 13.3. The summed E-state index contributed by atoms with van der Waals surface area (Å²) in [6.07, 6.45) is 1.55. The summed E-state index contributed by atoms with van der Waals surface area (Å²) >= 11 is 6.10. The number of aromatic nitrogens is 1. The first kappa shape index (κ1) is 18.5. The lowest BCUT2D eigenvalue weighted by atomic mass is 10.0. The van der Waals surface area contributed by atoms with Crippen molar-refractivity contribution in [2.45, 2.75) is 18.4 Å². The standard InChI is InChI=1S/C18H14ClFN4O3S/c1-10-8-21-15(27-10)9-22-18-23-17-12(11-4-2-6-13(20)16(11)19)5-3-7-14(17)28(25,26)24-18/h2-8H,9H2,1H3,(H2,22,23,24). The van der Waals surface area contributed by atoms with Gasteiger partial charge in [-0.1, -0.05) is 35.9 Å². The Bertz CT molecular complexity index is 1210. The molecule has 0 fully saturated rings. The zero-order valence-electron chi connectivity index (χ0n) is 14.5. The van der Waals surface area contributed by atoms with Gasteiger partial charge in [0.1, 0.15) is 23.0 Å². The minimum absolute atomic E-state index is 0.00308. The van der Waals surface area contributed by atoms with E-state index in [1.54, 1.807) is 31.3 Å². The molecular weight excluding hydrogens is 407 g/mol. The van der Waals surface area contributed by atoms with E-state index in [0.29, 0.717) is 22.8 Å². The number of oxazole rings is 1. The summed E-state index contributed by atoms with van der Waals surface area (Å²) in [6.45, 7) is 1.79. The van der Waals surface area contributed by atoms with Crippen LogP contribution in [0, 0.1) is 12.7 Å². The van der Waals surface area contributed by atoms with Crippen molar-refractivity contribution in [3.8, 4) is 11.1 Å². The smallest absolute Gasteiger partial charge is 0.266 e. The van der Waals surface area contributed by atoms with Crippen LogP contribution in [0.25, 0.3) is 11.1 Å². The average Bonchev–Trinajstić information content (AvgIpc) is 3.07. The van der Waals surface area contributed by atoms with Crippen LogP contribution in [0.15, 0.2) is 56.9 Å². The molecule has 2 heterocycles. The molecule has 0 saturated heterocycles. The second-order valence-corrected chi connectivity index (χ2v) is 8.07. The van der Waals surface area contributed by atoms with Crippen LogP contribution in [0.3, 0.4) is 0 Å². The van der Waals surface area contributed by atoms with Gasteiger partial charge >= 0.3 is 0 Å². The molecule has 1 aliphatic heterocycles. The number of sulfonamides is 1. The number of nitrogens with zero attached hydrogens (tertiary/aromatic N) is 2. The van der Waals surface area contributed by atoms with Crippen LogP contribution in [0.4, 0.5) is 10.1 Å². The number of nitrogens with one attached hydrogen (secondary N) is 2. The van der Waals surface area contributed by atoms with Crippen LogP contribution < -0.4 is 10.0 Å². The molecule has 4 rings (SSSR count). The van der Waals surface area contributed by atoms with Crippen LogP contribution in [-0.4, -0.2) is 19.4 Å². The maximum Gasteiger partial charge on any atom is 0.266 e. The largest absolute Gasteiger partial charge is 0.444 e.